The molecule has 3 rings (SSSR count). The molecule has 0 saturated carbocycles. The van der Waals surface area contributed by atoms with E-state index < -0.39 is 0 Å². The first-order valence-electron chi connectivity index (χ1n) is 5.00. The van der Waals surface area contributed by atoms with Crippen LogP contribution in [0, 0.1) is 0 Å². The zero-order valence-corrected chi connectivity index (χ0v) is 8.95. The number of aromatic nitrogens is 4. The molecular weight excluding hydrogens is 216 g/mol. The monoisotopic (exact) mass is 226 g/mol. The number of nitrogens with zero attached hydrogens (tertiary/aromatic N) is 3. The smallest absolute Gasteiger partial charge is 0.192 e. The van der Waals surface area contributed by atoms with Crippen LogP contribution in [0.15, 0.2) is 60.2 Å². The van der Waals surface area contributed by atoms with Gasteiger partial charge in [-0.2, -0.15) is 0 Å². The molecule has 17 heavy (non-hydrogen) atoms. The number of pyridine rings is 2. The first-order chi connectivity index (χ1) is 8.38. The van der Waals surface area contributed by atoms with Gasteiger partial charge < -0.3 is 4.98 Å². The highest BCUT2D eigenvalue weighted by Crippen LogP contribution is 1.96. The lowest BCUT2D eigenvalue weighted by Crippen LogP contribution is -2.01. The van der Waals surface area contributed by atoms with Crippen LogP contribution in [0.4, 0.5) is 0 Å². The third kappa shape index (κ3) is 2.94. The minimum Gasteiger partial charge on any atom is -0.346 e. The highest BCUT2D eigenvalue weighted by Gasteiger charge is 1.95. The van der Waals surface area contributed by atoms with Gasteiger partial charge >= 0.3 is 0 Å². The van der Waals surface area contributed by atoms with E-state index in [0.29, 0.717) is 11.0 Å². The van der Waals surface area contributed by atoms with Crippen LogP contribution in [-0.4, -0.2) is 19.9 Å². The molecule has 0 aliphatic carbocycles. The Hall–Kier alpha value is -2.56. The second kappa shape index (κ2) is 5.50. The van der Waals surface area contributed by atoms with Crippen molar-refractivity contribution in [2.75, 3.05) is 0 Å². The van der Waals surface area contributed by atoms with Gasteiger partial charge in [0, 0.05) is 30.9 Å². The van der Waals surface area contributed by atoms with Crippen molar-refractivity contribution in [1.82, 2.24) is 19.9 Å². The van der Waals surface area contributed by atoms with Gasteiger partial charge in [0.15, 0.2) is 5.43 Å². The van der Waals surface area contributed by atoms with Crippen LogP contribution in [0.2, 0.25) is 0 Å². The first-order valence-corrected chi connectivity index (χ1v) is 5.00. The van der Waals surface area contributed by atoms with Crippen LogP contribution in [0.5, 0.6) is 0 Å². The summed E-state index contributed by atoms with van der Waals surface area (Å²) in [6.45, 7) is 0. The summed E-state index contributed by atoms with van der Waals surface area (Å²) < 4.78 is 0. The maximum atomic E-state index is 11.1. The van der Waals surface area contributed by atoms with E-state index in [0.717, 1.165) is 0 Å². The molecule has 0 unspecified atom stereocenters. The highest BCUT2D eigenvalue weighted by molar-refractivity contribution is 5.72. The molecule has 0 radical (unpaired) electrons. The summed E-state index contributed by atoms with van der Waals surface area (Å²) >= 11 is 0. The Morgan fingerprint density at radius 2 is 1.88 bits per heavy atom. The van der Waals surface area contributed by atoms with Crippen molar-refractivity contribution < 1.29 is 0 Å². The van der Waals surface area contributed by atoms with Crippen LogP contribution in [-0.2, 0) is 0 Å². The summed E-state index contributed by atoms with van der Waals surface area (Å²) in [5.74, 6) is 0. The van der Waals surface area contributed by atoms with Crippen molar-refractivity contribution in [3.05, 3.63) is 65.6 Å². The minimum absolute atomic E-state index is 0.0562. The molecule has 3 heterocycles. The van der Waals surface area contributed by atoms with Crippen LogP contribution in [0.1, 0.15) is 0 Å². The van der Waals surface area contributed by atoms with Gasteiger partial charge in [-0.15, -0.1) is 0 Å². The molecule has 84 valence electrons. The molecule has 0 saturated heterocycles. The van der Waals surface area contributed by atoms with Crippen molar-refractivity contribution >= 4 is 11.0 Å². The zero-order valence-electron chi connectivity index (χ0n) is 8.95. The van der Waals surface area contributed by atoms with E-state index in [9.17, 15) is 4.79 Å². The van der Waals surface area contributed by atoms with Gasteiger partial charge in [0.1, 0.15) is 12.0 Å². The van der Waals surface area contributed by atoms with Gasteiger partial charge in [-0.05, 0) is 12.1 Å². The molecule has 0 fully saturated rings. The van der Waals surface area contributed by atoms with Crippen LogP contribution >= 0.6 is 0 Å². The SMILES string of the molecule is O=c1cc[nH]c2ncncc12.c1ccncc1. The van der Waals surface area contributed by atoms with E-state index in [-0.39, 0.29) is 5.43 Å². The Bertz CT molecular complexity index is 604. The molecule has 5 heteroatoms. The van der Waals surface area contributed by atoms with E-state index in [1.54, 1.807) is 18.6 Å². The average Bonchev–Trinajstić information content (AvgIpc) is 2.42. The molecule has 0 spiro atoms. The second-order valence-corrected chi connectivity index (χ2v) is 3.15. The molecule has 0 aliphatic heterocycles. The summed E-state index contributed by atoms with van der Waals surface area (Å²) in [4.78, 5) is 25.3. The molecule has 0 bridgehead atoms. The van der Waals surface area contributed by atoms with E-state index >= 15 is 0 Å². The normalized spacial score (nSPS) is 9.41. The Morgan fingerprint density at radius 3 is 2.47 bits per heavy atom. The first kappa shape index (κ1) is 10.9. The quantitative estimate of drug-likeness (QED) is 0.629. The maximum absolute atomic E-state index is 11.1. The largest absolute Gasteiger partial charge is 0.346 e. The van der Waals surface area contributed by atoms with Gasteiger partial charge in [-0.25, -0.2) is 9.97 Å². The zero-order chi connectivity index (χ0) is 11.9. The number of hydrogen-bond donors (Lipinski definition) is 1. The molecule has 0 atom stereocenters. The number of nitrogens with one attached hydrogen (secondary N) is 1. The van der Waals surface area contributed by atoms with Gasteiger partial charge in [-0.3, -0.25) is 9.78 Å². The fourth-order valence-electron chi connectivity index (χ4n) is 1.22. The van der Waals surface area contributed by atoms with Crippen LogP contribution in [0.3, 0.4) is 0 Å². The van der Waals surface area contributed by atoms with Crippen molar-refractivity contribution in [3.8, 4) is 0 Å². The van der Waals surface area contributed by atoms with Gasteiger partial charge in [0.2, 0.25) is 0 Å². The Labute approximate surface area is 97.2 Å². The lowest BCUT2D eigenvalue weighted by molar-refractivity contribution is 1.17. The molecule has 0 aromatic carbocycles. The lowest BCUT2D eigenvalue weighted by Gasteiger charge is -1.91. The van der Waals surface area contributed by atoms with Crippen molar-refractivity contribution in [1.29, 1.82) is 0 Å². The van der Waals surface area contributed by atoms with E-state index in [1.165, 1.54) is 18.6 Å². The summed E-state index contributed by atoms with van der Waals surface area (Å²) in [5.41, 5.74) is 0.520. The minimum atomic E-state index is -0.0562. The summed E-state index contributed by atoms with van der Waals surface area (Å²) in [6, 6.07) is 7.17. The predicted octanol–water partition coefficient (Wildman–Crippen LogP) is 1.40. The van der Waals surface area contributed by atoms with Gasteiger partial charge in [-0.1, -0.05) is 6.07 Å². The number of H-pyrrole nitrogens is 1. The molecule has 0 amide bonds. The van der Waals surface area contributed by atoms with Crippen LogP contribution < -0.4 is 5.43 Å². The summed E-state index contributed by atoms with van der Waals surface area (Å²) in [7, 11) is 0. The van der Waals surface area contributed by atoms with Gasteiger partial charge in [0.25, 0.3) is 0 Å². The Morgan fingerprint density at radius 1 is 1.06 bits per heavy atom. The van der Waals surface area contributed by atoms with Crippen molar-refractivity contribution in [3.63, 3.8) is 0 Å². The van der Waals surface area contributed by atoms with Gasteiger partial charge in [0.05, 0.1) is 5.39 Å². The van der Waals surface area contributed by atoms with Crippen LogP contribution in [0.25, 0.3) is 11.0 Å². The molecule has 5 nitrogen and oxygen atoms in total. The maximum Gasteiger partial charge on any atom is 0.192 e. The molecule has 0 aliphatic rings. The van der Waals surface area contributed by atoms with Crippen molar-refractivity contribution in [2.24, 2.45) is 0 Å². The third-order valence-electron chi connectivity index (χ3n) is 2.00. The average molecular weight is 226 g/mol. The van der Waals surface area contributed by atoms with Crippen molar-refractivity contribution in [2.45, 2.75) is 0 Å². The second-order valence-electron chi connectivity index (χ2n) is 3.15. The standard InChI is InChI=1S/C7H5N3O.C5H5N/c11-6-1-2-9-7-5(6)3-8-4-10-7;1-2-4-6-5-3-1/h1-4H,(H,8,9,10,11);1-5H. The fraction of sp³-hybridized carbons (Fsp3) is 0. The number of fused-ring (bicyclic) bond motifs is 1. The third-order valence-corrected chi connectivity index (χ3v) is 2.00. The molecular formula is C12H10N4O. The molecule has 1 N–H and O–H groups in total. The molecule has 3 aromatic heterocycles. The lowest BCUT2D eigenvalue weighted by atomic mass is 10.3. The van der Waals surface area contributed by atoms with E-state index in [2.05, 4.69) is 19.9 Å². The number of hydrogen-bond acceptors (Lipinski definition) is 4. The Balaban J connectivity index is 0.000000153. The Kier molecular flexibility index (Phi) is 3.54. The predicted molar refractivity (Wildman–Crippen MR) is 64.4 cm³/mol. The molecule has 3 aromatic rings. The summed E-state index contributed by atoms with van der Waals surface area (Å²) in [5, 5.41) is 0.523. The summed E-state index contributed by atoms with van der Waals surface area (Å²) in [6.07, 6.45) is 7.97. The van der Waals surface area contributed by atoms with E-state index in [1.807, 2.05) is 18.2 Å². The van der Waals surface area contributed by atoms with E-state index in [4.69, 9.17) is 0 Å². The topological polar surface area (TPSA) is 71.5 Å². The highest BCUT2D eigenvalue weighted by atomic mass is 16.1. The number of aromatic amines is 1. The number of rotatable bonds is 0. The fourth-order valence-corrected chi connectivity index (χ4v) is 1.22.